The fourth-order valence-corrected chi connectivity index (χ4v) is 1.29. The molecule has 0 unspecified atom stereocenters. The topological polar surface area (TPSA) is 12.9 Å². The van der Waals surface area contributed by atoms with Gasteiger partial charge >= 0.3 is 0 Å². The quantitative estimate of drug-likeness (QED) is 0.703. The number of hydrogen-bond acceptors (Lipinski definition) is 1. The standard InChI is InChI=1S/C14H19N.C2H6/c1-6-14-13(8-7-12(5)15-14)9-11(4)10(2)3;1-2/h6-10H,1H2,2-5H3;1-2H3/b11-9-;. The van der Waals surface area contributed by atoms with Crippen LogP contribution in [0.1, 0.15) is 51.6 Å². The molecule has 0 aliphatic heterocycles. The summed E-state index contributed by atoms with van der Waals surface area (Å²) in [7, 11) is 0. The fraction of sp³-hybridized carbons (Fsp3) is 0.438. The maximum atomic E-state index is 4.44. The summed E-state index contributed by atoms with van der Waals surface area (Å²) in [5, 5.41) is 0. The molecule has 1 heteroatoms. The number of nitrogens with zero attached hydrogens (tertiary/aromatic N) is 1. The first-order valence-corrected chi connectivity index (χ1v) is 6.33. The maximum Gasteiger partial charge on any atom is 0.0699 e. The zero-order chi connectivity index (χ0) is 13.4. The van der Waals surface area contributed by atoms with Crippen molar-refractivity contribution in [2.45, 2.75) is 41.5 Å². The molecule has 0 fully saturated rings. The molecule has 0 aromatic carbocycles. The number of aryl methyl sites for hydroxylation is 1. The Bertz CT molecular complexity index is 387. The molecule has 0 spiro atoms. The molecule has 0 radical (unpaired) electrons. The normalized spacial score (nSPS) is 10.9. The average Bonchev–Trinajstić information content (AvgIpc) is 2.33. The van der Waals surface area contributed by atoms with E-state index >= 15 is 0 Å². The van der Waals surface area contributed by atoms with Gasteiger partial charge in [0.25, 0.3) is 0 Å². The van der Waals surface area contributed by atoms with E-state index in [0.717, 1.165) is 17.0 Å². The minimum atomic E-state index is 0.573. The molecule has 0 bridgehead atoms. The van der Waals surface area contributed by atoms with Gasteiger partial charge in [-0.3, -0.25) is 4.98 Å². The lowest BCUT2D eigenvalue weighted by molar-refractivity contribution is 0.776. The molecule has 1 nitrogen and oxygen atoms in total. The number of hydrogen-bond donors (Lipinski definition) is 0. The summed E-state index contributed by atoms with van der Waals surface area (Å²) in [5.74, 6) is 0.573. The molecule has 1 aromatic rings. The first-order chi connectivity index (χ1) is 8.04. The molecule has 0 aliphatic rings. The summed E-state index contributed by atoms with van der Waals surface area (Å²) in [6.07, 6.45) is 4.00. The van der Waals surface area contributed by atoms with Gasteiger partial charge in [-0.1, -0.05) is 52.0 Å². The lowest BCUT2D eigenvalue weighted by Crippen LogP contribution is -1.93. The monoisotopic (exact) mass is 231 g/mol. The summed E-state index contributed by atoms with van der Waals surface area (Å²) in [6, 6.07) is 4.14. The summed E-state index contributed by atoms with van der Waals surface area (Å²) >= 11 is 0. The number of aromatic nitrogens is 1. The van der Waals surface area contributed by atoms with Crippen molar-refractivity contribution >= 4 is 12.2 Å². The van der Waals surface area contributed by atoms with Crippen LogP contribution in [0.15, 0.2) is 24.3 Å². The summed E-state index contributed by atoms with van der Waals surface area (Å²) < 4.78 is 0. The highest BCUT2D eigenvalue weighted by atomic mass is 14.7. The molecule has 0 atom stereocenters. The number of pyridine rings is 1. The third-order valence-electron chi connectivity index (χ3n) is 2.58. The van der Waals surface area contributed by atoms with Crippen molar-refractivity contribution in [2.75, 3.05) is 0 Å². The van der Waals surface area contributed by atoms with Crippen molar-refractivity contribution < 1.29 is 0 Å². The number of rotatable bonds is 3. The molecular weight excluding hydrogens is 206 g/mol. The Kier molecular flexibility index (Phi) is 7.20. The second-order valence-electron chi connectivity index (χ2n) is 4.17. The first-order valence-electron chi connectivity index (χ1n) is 6.33. The zero-order valence-corrected chi connectivity index (χ0v) is 12.0. The highest BCUT2D eigenvalue weighted by Gasteiger charge is 2.01. The predicted octanol–water partition coefficient (Wildman–Crippen LogP) is 5.12. The van der Waals surface area contributed by atoms with Crippen LogP contribution in [0.25, 0.3) is 12.2 Å². The van der Waals surface area contributed by atoms with Gasteiger partial charge in [-0.25, -0.2) is 0 Å². The van der Waals surface area contributed by atoms with Crippen molar-refractivity contribution in [2.24, 2.45) is 5.92 Å². The van der Waals surface area contributed by atoms with E-state index in [2.05, 4.69) is 44.5 Å². The van der Waals surface area contributed by atoms with Crippen LogP contribution in [0.2, 0.25) is 0 Å². The molecule has 0 saturated carbocycles. The van der Waals surface area contributed by atoms with Crippen molar-refractivity contribution in [1.29, 1.82) is 0 Å². The van der Waals surface area contributed by atoms with E-state index in [-0.39, 0.29) is 0 Å². The van der Waals surface area contributed by atoms with Gasteiger partial charge in [0.15, 0.2) is 0 Å². The second kappa shape index (κ2) is 7.83. The Morgan fingerprint density at radius 1 is 1.29 bits per heavy atom. The van der Waals surface area contributed by atoms with Crippen LogP contribution in [-0.2, 0) is 0 Å². The molecule has 94 valence electrons. The van der Waals surface area contributed by atoms with Gasteiger partial charge in [0, 0.05) is 11.3 Å². The highest BCUT2D eigenvalue weighted by Crippen LogP contribution is 2.17. The van der Waals surface area contributed by atoms with Gasteiger partial charge in [-0.2, -0.15) is 0 Å². The van der Waals surface area contributed by atoms with Crippen molar-refractivity contribution in [1.82, 2.24) is 4.98 Å². The second-order valence-corrected chi connectivity index (χ2v) is 4.17. The largest absolute Gasteiger partial charge is 0.253 e. The van der Waals surface area contributed by atoms with Crippen LogP contribution in [-0.4, -0.2) is 4.98 Å². The Morgan fingerprint density at radius 3 is 2.35 bits per heavy atom. The molecule has 1 heterocycles. The van der Waals surface area contributed by atoms with E-state index in [0.29, 0.717) is 5.92 Å². The maximum absolute atomic E-state index is 4.44. The van der Waals surface area contributed by atoms with Crippen molar-refractivity contribution in [3.63, 3.8) is 0 Å². The Morgan fingerprint density at radius 2 is 1.88 bits per heavy atom. The predicted molar refractivity (Wildman–Crippen MR) is 78.9 cm³/mol. The lowest BCUT2D eigenvalue weighted by Gasteiger charge is -2.07. The molecule has 1 rings (SSSR count). The first kappa shape index (κ1) is 15.6. The van der Waals surface area contributed by atoms with Gasteiger partial charge in [-0.15, -0.1) is 0 Å². The summed E-state index contributed by atoms with van der Waals surface area (Å²) in [5.41, 5.74) is 4.52. The third-order valence-corrected chi connectivity index (χ3v) is 2.58. The van der Waals surface area contributed by atoms with Gasteiger partial charge in [0.05, 0.1) is 5.69 Å². The van der Waals surface area contributed by atoms with E-state index in [1.54, 1.807) is 0 Å². The van der Waals surface area contributed by atoms with E-state index in [1.165, 1.54) is 5.57 Å². The van der Waals surface area contributed by atoms with E-state index in [9.17, 15) is 0 Å². The zero-order valence-electron chi connectivity index (χ0n) is 12.0. The van der Waals surface area contributed by atoms with Gasteiger partial charge < -0.3 is 0 Å². The molecule has 0 saturated heterocycles. The SMILES string of the molecule is C=Cc1nc(C)ccc1/C=C(/C)C(C)C.CC. The van der Waals surface area contributed by atoms with Crippen LogP contribution in [0.4, 0.5) is 0 Å². The lowest BCUT2D eigenvalue weighted by atomic mass is 10.0. The van der Waals surface area contributed by atoms with E-state index in [1.807, 2.05) is 32.9 Å². The summed E-state index contributed by atoms with van der Waals surface area (Å²) in [6.45, 7) is 16.3. The highest BCUT2D eigenvalue weighted by molar-refractivity contribution is 5.63. The smallest absolute Gasteiger partial charge is 0.0699 e. The van der Waals surface area contributed by atoms with Crippen LogP contribution >= 0.6 is 0 Å². The number of allylic oxidation sites excluding steroid dienone is 1. The summed E-state index contributed by atoms with van der Waals surface area (Å²) in [4.78, 5) is 4.44. The van der Waals surface area contributed by atoms with Crippen molar-refractivity contribution in [3.05, 3.63) is 41.2 Å². The third kappa shape index (κ3) is 4.99. The van der Waals surface area contributed by atoms with Crippen LogP contribution in [0, 0.1) is 12.8 Å². The average molecular weight is 231 g/mol. The van der Waals surface area contributed by atoms with Gasteiger partial charge in [-0.05, 0) is 31.9 Å². The molecule has 0 amide bonds. The Balaban J connectivity index is 0.00000121. The van der Waals surface area contributed by atoms with E-state index < -0.39 is 0 Å². The van der Waals surface area contributed by atoms with Crippen LogP contribution in [0.5, 0.6) is 0 Å². The fourth-order valence-electron chi connectivity index (χ4n) is 1.29. The van der Waals surface area contributed by atoms with Gasteiger partial charge in [0.1, 0.15) is 0 Å². The molecular formula is C16H25N. The minimum absolute atomic E-state index is 0.573. The molecule has 17 heavy (non-hydrogen) atoms. The van der Waals surface area contributed by atoms with Gasteiger partial charge in [0.2, 0.25) is 0 Å². The van der Waals surface area contributed by atoms with Crippen molar-refractivity contribution in [3.8, 4) is 0 Å². The molecule has 1 aromatic heterocycles. The Hall–Kier alpha value is -1.37. The molecule has 0 aliphatic carbocycles. The van der Waals surface area contributed by atoms with E-state index in [4.69, 9.17) is 0 Å². The minimum Gasteiger partial charge on any atom is -0.253 e. The molecule has 0 N–H and O–H groups in total. The van der Waals surface area contributed by atoms with Crippen LogP contribution in [0.3, 0.4) is 0 Å². The van der Waals surface area contributed by atoms with Crippen LogP contribution < -0.4 is 0 Å². The Labute approximate surface area is 106 Å².